The van der Waals surface area contributed by atoms with Crippen LogP contribution >= 0.6 is 15.9 Å². The minimum Gasteiger partial charge on any atom is -0.381 e. The zero-order chi connectivity index (χ0) is 11.0. The first kappa shape index (κ1) is 14.4. The van der Waals surface area contributed by atoms with Crippen LogP contribution in [0.1, 0.15) is 47.0 Å². The number of hydrogen-bond donors (Lipinski definition) is 0. The highest BCUT2D eigenvalue weighted by molar-refractivity contribution is 9.09. The molecule has 1 nitrogen and oxygen atoms in total. The summed E-state index contributed by atoms with van der Waals surface area (Å²) in [6.45, 7) is 10.8. The molecule has 0 aliphatic carbocycles. The fraction of sp³-hybridized carbons (Fsp3) is 1.00. The zero-order valence-electron chi connectivity index (χ0n) is 10.1. The van der Waals surface area contributed by atoms with E-state index in [1.165, 1.54) is 19.3 Å². The minimum atomic E-state index is 0.649. The molecule has 2 heteroatoms. The fourth-order valence-corrected chi connectivity index (χ4v) is 1.54. The molecule has 0 saturated heterocycles. The Bertz CT molecular complexity index is 125. The Morgan fingerprint density at radius 1 is 1.07 bits per heavy atom. The van der Waals surface area contributed by atoms with Gasteiger partial charge in [0.1, 0.15) is 0 Å². The molecule has 0 N–H and O–H groups in total. The molecule has 0 aliphatic heterocycles. The molecule has 0 heterocycles. The van der Waals surface area contributed by atoms with Gasteiger partial charge in [0.25, 0.3) is 0 Å². The lowest BCUT2D eigenvalue weighted by Crippen LogP contribution is -2.13. The summed E-state index contributed by atoms with van der Waals surface area (Å²) >= 11 is 3.68. The molecule has 86 valence electrons. The van der Waals surface area contributed by atoms with Crippen LogP contribution in [0.5, 0.6) is 0 Å². The highest BCUT2D eigenvalue weighted by Gasteiger charge is 2.10. The summed E-state index contributed by atoms with van der Waals surface area (Å²) in [5.41, 5.74) is 0. The topological polar surface area (TPSA) is 9.23 Å². The maximum atomic E-state index is 5.59. The van der Waals surface area contributed by atoms with Gasteiger partial charge in [0.15, 0.2) is 0 Å². The molecule has 0 fully saturated rings. The molecule has 2 unspecified atom stereocenters. The van der Waals surface area contributed by atoms with Crippen molar-refractivity contribution in [1.82, 2.24) is 0 Å². The lowest BCUT2D eigenvalue weighted by molar-refractivity contribution is 0.112. The summed E-state index contributed by atoms with van der Waals surface area (Å²) in [6, 6.07) is 0. The number of halogens is 1. The van der Waals surface area contributed by atoms with Gasteiger partial charge in [-0.1, -0.05) is 43.6 Å². The SMILES string of the molecule is CCC(Br)C(C)CCOCCC(C)C. The Kier molecular flexibility index (Phi) is 9.00. The van der Waals surface area contributed by atoms with Crippen molar-refractivity contribution in [2.45, 2.75) is 51.8 Å². The highest BCUT2D eigenvalue weighted by atomic mass is 79.9. The van der Waals surface area contributed by atoms with E-state index in [1.54, 1.807) is 0 Å². The molecule has 0 aromatic carbocycles. The van der Waals surface area contributed by atoms with Gasteiger partial charge in [-0.3, -0.25) is 0 Å². The van der Waals surface area contributed by atoms with E-state index in [4.69, 9.17) is 4.74 Å². The van der Waals surface area contributed by atoms with Crippen molar-refractivity contribution < 1.29 is 4.74 Å². The molecule has 0 saturated carbocycles. The number of ether oxygens (including phenoxy) is 1. The second kappa shape index (κ2) is 8.72. The quantitative estimate of drug-likeness (QED) is 0.471. The number of alkyl halides is 1. The predicted molar refractivity (Wildman–Crippen MR) is 67.1 cm³/mol. The van der Waals surface area contributed by atoms with E-state index < -0.39 is 0 Å². The van der Waals surface area contributed by atoms with Gasteiger partial charge < -0.3 is 4.74 Å². The van der Waals surface area contributed by atoms with Crippen LogP contribution in [0, 0.1) is 11.8 Å². The van der Waals surface area contributed by atoms with Crippen molar-refractivity contribution in [3.8, 4) is 0 Å². The van der Waals surface area contributed by atoms with Crippen molar-refractivity contribution in [1.29, 1.82) is 0 Å². The smallest absolute Gasteiger partial charge is 0.0468 e. The lowest BCUT2D eigenvalue weighted by Gasteiger charge is -2.16. The zero-order valence-corrected chi connectivity index (χ0v) is 11.6. The maximum Gasteiger partial charge on any atom is 0.0468 e. The van der Waals surface area contributed by atoms with E-state index in [0.717, 1.165) is 25.0 Å². The third-order valence-electron chi connectivity index (χ3n) is 2.56. The summed E-state index contributed by atoms with van der Waals surface area (Å²) < 4.78 is 5.59. The van der Waals surface area contributed by atoms with Crippen LogP contribution in [0.15, 0.2) is 0 Å². The summed E-state index contributed by atoms with van der Waals surface area (Å²) in [4.78, 5) is 0.649. The van der Waals surface area contributed by atoms with Gasteiger partial charge in [0.05, 0.1) is 0 Å². The van der Waals surface area contributed by atoms with Crippen LogP contribution in [-0.4, -0.2) is 18.0 Å². The minimum absolute atomic E-state index is 0.649. The van der Waals surface area contributed by atoms with E-state index >= 15 is 0 Å². The third kappa shape index (κ3) is 7.81. The maximum absolute atomic E-state index is 5.59. The van der Waals surface area contributed by atoms with Crippen molar-refractivity contribution in [3.63, 3.8) is 0 Å². The van der Waals surface area contributed by atoms with Gasteiger partial charge in [0, 0.05) is 18.0 Å². The molecule has 0 aromatic rings. The van der Waals surface area contributed by atoms with Crippen LogP contribution < -0.4 is 0 Å². The fourth-order valence-electron chi connectivity index (χ4n) is 1.27. The standard InChI is InChI=1S/C12H25BrO/c1-5-12(13)11(4)7-9-14-8-6-10(2)3/h10-12H,5-9H2,1-4H3. The average Bonchev–Trinajstić information content (AvgIpc) is 2.15. The Balaban J connectivity index is 3.27. The normalized spacial score (nSPS) is 15.9. The molecule has 0 radical (unpaired) electrons. The second-order valence-electron chi connectivity index (χ2n) is 4.49. The molecule has 0 aliphatic rings. The molecule has 0 amide bonds. The van der Waals surface area contributed by atoms with Gasteiger partial charge in [0.2, 0.25) is 0 Å². The van der Waals surface area contributed by atoms with Crippen LogP contribution in [0.25, 0.3) is 0 Å². The molecular weight excluding hydrogens is 240 g/mol. The van der Waals surface area contributed by atoms with Gasteiger partial charge in [-0.15, -0.1) is 0 Å². The molecule has 14 heavy (non-hydrogen) atoms. The predicted octanol–water partition coefficient (Wildman–Crippen LogP) is 4.25. The molecular formula is C12H25BrO. The van der Waals surface area contributed by atoms with Gasteiger partial charge in [-0.2, -0.15) is 0 Å². The summed E-state index contributed by atoms with van der Waals surface area (Å²) in [5, 5.41) is 0. The van der Waals surface area contributed by atoms with Gasteiger partial charge >= 0.3 is 0 Å². The Hall–Kier alpha value is 0.440. The first-order valence-electron chi connectivity index (χ1n) is 5.79. The first-order chi connectivity index (χ1) is 6.57. The lowest BCUT2D eigenvalue weighted by atomic mass is 10.0. The van der Waals surface area contributed by atoms with E-state index in [9.17, 15) is 0 Å². The average molecular weight is 265 g/mol. The highest BCUT2D eigenvalue weighted by Crippen LogP contribution is 2.19. The van der Waals surface area contributed by atoms with Crippen LogP contribution in [0.2, 0.25) is 0 Å². The van der Waals surface area contributed by atoms with Gasteiger partial charge in [-0.05, 0) is 31.1 Å². The van der Waals surface area contributed by atoms with E-state index in [-0.39, 0.29) is 0 Å². The van der Waals surface area contributed by atoms with E-state index in [0.29, 0.717) is 4.83 Å². The van der Waals surface area contributed by atoms with Crippen LogP contribution in [0.4, 0.5) is 0 Å². The first-order valence-corrected chi connectivity index (χ1v) is 6.71. The molecule has 0 bridgehead atoms. The number of hydrogen-bond acceptors (Lipinski definition) is 1. The van der Waals surface area contributed by atoms with E-state index in [1.807, 2.05) is 0 Å². The largest absolute Gasteiger partial charge is 0.381 e. The van der Waals surface area contributed by atoms with Crippen molar-refractivity contribution in [3.05, 3.63) is 0 Å². The molecule has 2 atom stereocenters. The summed E-state index contributed by atoms with van der Waals surface area (Å²) in [6.07, 6.45) is 3.55. The van der Waals surface area contributed by atoms with Crippen molar-refractivity contribution >= 4 is 15.9 Å². The molecule has 0 aromatic heterocycles. The second-order valence-corrected chi connectivity index (χ2v) is 5.66. The summed E-state index contributed by atoms with van der Waals surface area (Å²) in [5.74, 6) is 1.48. The van der Waals surface area contributed by atoms with Gasteiger partial charge in [-0.25, -0.2) is 0 Å². The van der Waals surface area contributed by atoms with Crippen molar-refractivity contribution in [2.24, 2.45) is 11.8 Å². The van der Waals surface area contributed by atoms with Crippen LogP contribution in [-0.2, 0) is 4.74 Å². The third-order valence-corrected chi connectivity index (χ3v) is 4.11. The molecule has 0 rings (SSSR count). The Morgan fingerprint density at radius 3 is 2.14 bits per heavy atom. The van der Waals surface area contributed by atoms with Crippen LogP contribution in [0.3, 0.4) is 0 Å². The Labute approximate surface area is 97.7 Å². The summed E-state index contributed by atoms with van der Waals surface area (Å²) in [7, 11) is 0. The van der Waals surface area contributed by atoms with E-state index in [2.05, 4.69) is 43.6 Å². The monoisotopic (exact) mass is 264 g/mol. The van der Waals surface area contributed by atoms with Crippen molar-refractivity contribution in [2.75, 3.05) is 13.2 Å². The number of rotatable bonds is 8. The Morgan fingerprint density at radius 2 is 1.64 bits per heavy atom. The molecule has 0 spiro atoms.